The van der Waals surface area contributed by atoms with Crippen LogP contribution in [0.5, 0.6) is 0 Å². The highest BCUT2D eigenvalue weighted by Gasteiger charge is 2.25. The minimum absolute atomic E-state index is 0.171. The van der Waals surface area contributed by atoms with Crippen molar-refractivity contribution in [2.75, 3.05) is 0 Å². The van der Waals surface area contributed by atoms with Gasteiger partial charge in [-0.05, 0) is 32.3 Å². The second-order valence-electron chi connectivity index (χ2n) is 7.66. The molecule has 3 heteroatoms. The number of ketones is 1. The van der Waals surface area contributed by atoms with Crippen LogP contribution in [0.1, 0.15) is 62.8 Å². The lowest BCUT2D eigenvalue weighted by Gasteiger charge is -2.20. The summed E-state index contributed by atoms with van der Waals surface area (Å²) in [6.45, 7) is 7.99. The topological polar surface area (TPSA) is 42.9 Å². The number of aryl methyl sites for hydroxylation is 2. The van der Waals surface area contributed by atoms with E-state index in [2.05, 4.69) is 38.1 Å². The normalized spacial score (nSPS) is 12.0. The van der Waals surface area contributed by atoms with Crippen molar-refractivity contribution in [2.45, 2.75) is 59.3 Å². The van der Waals surface area contributed by atoms with Gasteiger partial charge in [0.1, 0.15) is 5.78 Å². The lowest BCUT2D eigenvalue weighted by Crippen LogP contribution is -2.14. The molecule has 0 bridgehead atoms. The van der Waals surface area contributed by atoms with Crippen molar-refractivity contribution in [1.29, 1.82) is 0 Å². The first-order valence-corrected chi connectivity index (χ1v) is 10.6. The quantitative estimate of drug-likeness (QED) is 0.441. The van der Waals surface area contributed by atoms with Crippen molar-refractivity contribution in [3.05, 3.63) is 71.4 Å². The Hall–Kier alpha value is -2.81. The predicted octanol–water partition coefficient (Wildman–Crippen LogP) is 6.54. The number of Topliss-reactive ketones (excluding diaryl/α,β-unsaturated/α-hetero) is 1. The van der Waals surface area contributed by atoms with Crippen LogP contribution in [0, 0.1) is 6.92 Å². The summed E-state index contributed by atoms with van der Waals surface area (Å²) in [5, 5.41) is 0. The summed E-state index contributed by atoms with van der Waals surface area (Å²) < 4.78 is 0. The van der Waals surface area contributed by atoms with Crippen LogP contribution in [0.4, 0.5) is 0 Å². The molecule has 1 heterocycles. The van der Waals surface area contributed by atoms with Gasteiger partial charge < -0.3 is 0 Å². The van der Waals surface area contributed by atoms with Crippen LogP contribution in [-0.2, 0) is 11.2 Å². The fraction of sp³-hybridized carbons (Fsp3) is 0.346. The van der Waals surface area contributed by atoms with Gasteiger partial charge in [-0.3, -0.25) is 4.79 Å². The molecule has 0 fully saturated rings. The van der Waals surface area contributed by atoms with E-state index in [-0.39, 0.29) is 11.7 Å². The summed E-state index contributed by atoms with van der Waals surface area (Å²) >= 11 is 0. The Labute approximate surface area is 174 Å². The maximum Gasteiger partial charge on any atom is 0.160 e. The van der Waals surface area contributed by atoms with Gasteiger partial charge in [0.25, 0.3) is 0 Å². The van der Waals surface area contributed by atoms with Crippen molar-refractivity contribution < 1.29 is 4.79 Å². The minimum Gasteiger partial charge on any atom is -0.299 e. The largest absolute Gasteiger partial charge is 0.299 e. The molecule has 0 aliphatic rings. The van der Waals surface area contributed by atoms with Gasteiger partial charge in [-0.25, -0.2) is 9.97 Å². The Morgan fingerprint density at radius 2 is 1.59 bits per heavy atom. The number of hydrogen-bond acceptors (Lipinski definition) is 3. The summed E-state index contributed by atoms with van der Waals surface area (Å²) in [7, 11) is 0. The van der Waals surface area contributed by atoms with E-state index in [0.717, 1.165) is 53.8 Å². The standard InChI is InChI=1S/C26H30N2O/c1-5-10-20-14-16-21(17-15-20)25-24(23(11-6-2)19(4)29)18(3)27-26(28-25)22-12-8-7-9-13-22/h7-9,12-17,23H,5-6,10-11H2,1-4H3. The van der Waals surface area contributed by atoms with Crippen molar-refractivity contribution in [2.24, 2.45) is 0 Å². The van der Waals surface area contributed by atoms with E-state index in [9.17, 15) is 4.79 Å². The Bertz CT molecular complexity index is 962. The van der Waals surface area contributed by atoms with Crippen molar-refractivity contribution >= 4 is 5.78 Å². The molecule has 0 aliphatic heterocycles. The highest BCUT2D eigenvalue weighted by molar-refractivity contribution is 5.86. The smallest absolute Gasteiger partial charge is 0.160 e. The average Bonchev–Trinajstić information content (AvgIpc) is 2.73. The van der Waals surface area contributed by atoms with Gasteiger partial charge >= 0.3 is 0 Å². The predicted molar refractivity (Wildman–Crippen MR) is 120 cm³/mol. The first-order chi connectivity index (χ1) is 14.0. The number of rotatable bonds is 8. The first kappa shape index (κ1) is 20.9. The average molecular weight is 387 g/mol. The Kier molecular flexibility index (Phi) is 6.92. The Balaban J connectivity index is 2.20. The van der Waals surface area contributed by atoms with Gasteiger partial charge in [0, 0.05) is 28.3 Å². The zero-order valence-corrected chi connectivity index (χ0v) is 17.9. The highest BCUT2D eigenvalue weighted by atomic mass is 16.1. The van der Waals surface area contributed by atoms with Crippen LogP contribution in [-0.4, -0.2) is 15.8 Å². The summed E-state index contributed by atoms with van der Waals surface area (Å²) in [6.07, 6.45) is 3.94. The number of carbonyl (C=O) groups is 1. The van der Waals surface area contributed by atoms with Gasteiger partial charge in [-0.15, -0.1) is 0 Å². The maximum absolute atomic E-state index is 12.5. The van der Waals surface area contributed by atoms with Crippen LogP contribution in [0.2, 0.25) is 0 Å². The summed E-state index contributed by atoms with van der Waals surface area (Å²) in [6, 6.07) is 18.6. The molecule has 0 saturated carbocycles. The van der Waals surface area contributed by atoms with Crippen molar-refractivity contribution in [3.63, 3.8) is 0 Å². The Morgan fingerprint density at radius 3 is 2.17 bits per heavy atom. The third-order valence-corrected chi connectivity index (χ3v) is 5.35. The van der Waals surface area contributed by atoms with Gasteiger partial charge in [0.05, 0.1) is 5.69 Å². The van der Waals surface area contributed by atoms with E-state index < -0.39 is 0 Å². The molecule has 0 amide bonds. The van der Waals surface area contributed by atoms with E-state index in [4.69, 9.17) is 9.97 Å². The second kappa shape index (κ2) is 9.60. The molecule has 1 unspecified atom stereocenters. The third kappa shape index (κ3) is 4.79. The molecule has 1 aromatic heterocycles. The van der Waals surface area contributed by atoms with Crippen molar-refractivity contribution in [1.82, 2.24) is 9.97 Å². The molecule has 3 rings (SSSR count). The lowest BCUT2D eigenvalue weighted by atomic mass is 9.86. The van der Waals surface area contributed by atoms with Gasteiger partial charge in [-0.2, -0.15) is 0 Å². The van der Waals surface area contributed by atoms with Gasteiger partial charge in [0.15, 0.2) is 5.82 Å². The maximum atomic E-state index is 12.5. The number of nitrogens with zero attached hydrogens (tertiary/aromatic N) is 2. The van der Waals surface area contributed by atoms with Crippen LogP contribution in [0.15, 0.2) is 54.6 Å². The van der Waals surface area contributed by atoms with E-state index >= 15 is 0 Å². The summed E-state index contributed by atoms with van der Waals surface area (Å²) in [5.41, 5.74) is 6.10. The van der Waals surface area contributed by atoms with Crippen molar-refractivity contribution in [3.8, 4) is 22.6 Å². The van der Waals surface area contributed by atoms with Gasteiger partial charge in [0.2, 0.25) is 0 Å². The van der Waals surface area contributed by atoms with E-state index in [1.165, 1.54) is 5.56 Å². The van der Waals surface area contributed by atoms with Crippen LogP contribution in [0.25, 0.3) is 22.6 Å². The fourth-order valence-electron chi connectivity index (χ4n) is 3.89. The minimum atomic E-state index is -0.171. The number of aromatic nitrogens is 2. The molecular weight excluding hydrogens is 356 g/mol. The summed E-state index contributed by atoms with van der Waals surface area (Å²) in [4.78, 5) is 22.3. The lowest BCUT2D eigenvalue weighted by molar-refractivity contribution is -0.118. The molecule has 0 saturated heterocycles. The molecule has 29 heavy (non-hydrogen) atoms. The van der Waals surface area contributed by atoms with Crippen LogP contribution < -0.4 is 0 Å². The van der Waals surface area contributed by atoms with Crippen LogP contribution in [0.3, 0.4) is 0 Å². The third-order valence-electron chi connectivity index (χ3n) is 5.35. The zero-order chi connectivity index (χ0) is 20.8. The molecule has 0 radical (unpaired) electrons. The first-order valence-electron chi connectivity index (χ1n) is 10.6. The molecule has 1 atom stereocenters. The second-order valence-corrected chi connectivity index (χ2v) is 7.66. The molecule has 3 aromatic rings. The molecule has 3 nitrogen and oxygen atoms in total. The molecular formula is C26H30N2O. The Morgan fingerprint density at radius 1 is 0.897 bits per heavy atom. The SMILES string of the molecule is CCCc1ccc(-c2nc(-c3ccccc3)nc(C)c2C(CCC)C(C)=O)cc1. The number of carbonyl (C=O) groups excluding carboxylic acids is 1. The van der Waals surface area contributed by atoms with E-state index in [1.807, 2.05) is 37.3 Å². The molecule has 0 N–H and O–H groups in total. The van der Waals surface area contributed by atoms with Gasteiger partial charge in [-0.1, -0.05) is 81.3 Å². The number of benzene rings is 2. The molecule has 0 aliphatic carbocycles. The molecule has 150 valence electrons. The number of hydrogen-bond donors (Lipinski definition) is 0. The van der Waals surface area contributed by atoms with E-state index in [0.29, 0.717) is 5.82 Å². The van der Waals surface area contributed by atoms with E-state index in [1.54, 1.807) is 6.92 Å². The molecule has 0 spiro atoms. The summed E-state index contributed by atoms with van der Waals surface area (Å²) in [5.74, 6) is 0.711. The molecule has 2 aromatic carbocycles. The fourth-order valence-corrected chi connectivity index (χ4v) is 3.89. The highest BCUT2D eigenvalue weighted by Crippen LogP contribution is 2.35. The van der Waals surface area contributed by atoms with Crippen LogP contribution >= 0.6 is 0 Å². The monoisotopic (exact) mass is 386 g/mol. The zero-order valence-electron chi connectivity index (χ0n) is 17.9.